The van der Waals surface area contributed by atoms with E-state index in [1.54, 1.807) is 30.0 Å². The van der Waals surface area contributed by atoms with Gasteiger partial charge in [0.1, 0.15) is 0 Å². The number of anilines is 1. The Bertz CT molecular complexity index is 746. The van der Waals surface area contributed by atoms with Gasteiger partial charge < -0.3 is 0 Å². The summed E-state index contributed by atoms with van der Waals surface area (Å²) in [5, 5.41) is 0.422. The van der Waals surface area contributed by atoms with Crippen LogP contribution in [0.2, 0.25) is 5.02 Å². The number of thioether (sulfide) groups is 1. The fourth-order valence-corrected chi connectivity index (χ4v) is 5.10. The van der Waals surface area contributed by atoms with Crippen molar-refractivity contribution < 1.29 is 8.42 Å². The molecule has 6 heteroatoms. The molecule has 2 aromatic rings. The van der Waals surface area contributed by atoms with Gasteiger partial charge in [0.25, 0.3) is 10.0 Å². The number of sulfonamides is 1. The highest BCUT2D eigenvalue weighted by Crippen LogP contribution is 2.37. The van der Waals surface area contributed by atoms with Gasteiger partial charge in [0.05, 0.1) is 10.6 Å². The molecular weight excluding hydrogens is 314 g/mol. The highest BCUT2D eigenvalue weighted by atomic mass is 35.5. The van der Waals surface area contributed by atoms with Gasteiger partial charge in [0, 0.05) is 22.2 Å². The second-order valence-corrected chi connectivity index (χ2v) is 7.79. The van der Waals surface area contributed by atoms with Crippen LogP contribution < -0.4 is 4.31 Å². The molecule has 0 aliphatic carbocycles. The van der Waals surface area contributed by atoms with Crippen molar-refractivity contribution in [1.82, 2.24) is 0 Å². The topological polar surface area (TPSA) is 37.4 Å². The van der Waals surface area contributed by atoms with Crippen LogP contribution in [-0.4, -0.2) is 20.7 Å². The van der Waals surface area contributed by atoms with Crippen LogP contribution in [0.4, 0.5) is 5.69 Å². The van der Waals surface area contributed by atoms with Crippen LogP contribution in [-0.2, 0) is 10.0 Å². The number of benzene rings is 2. The summed E-state index contributed by atoms with van der Waals surface area (Å²) in [6.45, 7) is 0.469. The molecule has 1 aliphatic heterocycles. The molecule has 0 aromatic heterocycles. The lowest BCUT2D eigenvalue weighted by Crippen LogP contribution is -2.35. The number of halogens is 1. The van der Waals surface area contributed by atoms with Crippen LogP contribution >= 0.6 is 23.4 Å². The fraction of sp³-hybridized carbons (Fsp3) is 0.143. The maximum absolute atomic E-state index is 12.8. The van der Waals surface area contributed by atoms with Gasteiger partial charge in [-0.25, -0.2) is 8.42 Å². The molecule has 104 valence electrons. The van der Waals surface area contributed by atoms with Crippen molar-refractivity contribution >= 4 is 39.1 Å². The highest BCUT2D eigenvalue weighted by molar-refractivity contribution is 8.00. The summed E-state index contributed by atoms with van der Waals surface area (Å²) in [6, 6.07) is 13.9. The fourth-order valence-electron chi connectivity index (χ4n) is 2.15. The number of para-hydroxylation sites is 1. The lowest BCUT2D eigenvalue weighted by atomic mass is 10.3. The van der Waals surface area contributed by atoms with Crippen molar-refractivity contribution in [3.05, 3.63) is 53.6 Å². The lowest BCUT2D eigenvalue weighted by molar-refractivity contribution is 0.591. The second-order valence-electron chi connectivity index (χ2n) is 4.35. The van der Waals surface area contributed by atoms with E-state index in [4.69, 9.17) is 11.6 Å². The van der Waals surface area contributed by atoms with Crippen LogP contribution in [0.25, 0.3) is 0 Å². The molecule has 20 heavy (non-hydrogen) atoms. The van der Waals surface area contributed by atoms with Gasteiger partial charge in [-0.15, -0.1) is 11.8 Å². The first-order valence-corrected chi connectivity index (χ1v) is 8.89. The van der Waals surface area contributed by atoms with Crippen LogP contribution in [0.15, 0.2) is 58.3 Å². The normalized spacial score (nSPS) is 14.9. The molecule has 2 aromatic carbocycles. The van der Waals surface area contributed by atoms with Gasteiger partial charge in [-0.3, -0.25) is 4.31 Å². The molecule has 0 saturated carbocycles. The van der Waals surface area contributed by atoms with Gasteiger partial charge in [0.15, 0.2) is 0 Å². The molecule has 1 heterocycles. The zero-order valence-electron chi connectivity index (χ0n) is 10.5. The Morgan fingerprint density at radius 1 is 1.10 bits per heavy atom. The summed E-state index contributed by atoms with van der Waals surface area (Å²) in [5.74, 6) is 0.747. The molecule has 0 N–H and O–H groups in total. The Kier molecular flexibility index (Phi) is 3.67. The Morgan fingerprint density at radius 2 is 1.90 bits per heavy atom. The van der Waals surface area contributed by atoms with Crippen molar-refractivity contribution in [2.45, 2.75) is 9.79 Å². The molecule has 0 fully saturated rings. The van der Waals surface area contributed by atoms with E-state index in [-0.39, 0.29) is 4.90 Å². The molecule has 1 aliphatic rings. The largest absolute Gasteiger partial charge is 0.264 e. The molecule has 0 radical (unpaired) electrons. The third kappa shape index (κ3) is 2.41. The molecule has 3 nitrogen and oxygen atoms in total. The summed E-state index contributed by atoms with van der Waals surface area (Å²) in [7, 11) is -3.56. The summed E-state index contributed by atoms with van der Waals surface area (Å²) < 4.78 is 27.0. The monoisotopic (exact) mass is 325 g/mol. The summed E-state index contributed by atoms with van der Waals surface area (Å²) in [4.78, 5) is 1.22. The maximum atomic E-state index is 12.8. The van der Waals surface area contributed by atoms with Gasteiger partial charge in [-0.1, -0.05) is 29.8 Å². The quantitative estimate of drug-likeness (QED) is 0.846. The van der Waals surface area contributed by atoms with Gasteiger partial charge in [-0.2, -0.15) is 0 Å². The van der Waals surface area contributed by atoms with Crippen molar-refractivity contribution in [1.29, 1.82) is 0 Å². The van der Waals surface area contributed by atoms with E-state index < -0.39 is 10.0 Å². The Morgan fingerprint density at radius 3 is 2.70 bits per heavy atom. The summed E-state index contributed by atoms with van der Waals surface area (Å²) >= 11 is 7.58. The first-order chi connectivity index (χ1) is 9.59. The molecule has 0 saturated heterocycles. The number of rotatable bonds is 2. The molecule has 0 spiro atoms. The number of hydrogen-bond donors (Lipinski definition) is 0. The zero-order chi connectivity index (χ0) is 14.2. The van der Waals surface area contributed by atoms with Crippen molar-refractivity contribution in [3.63, 3.8) is 0 Å². The van der Waals surface area contributed by atoms with E-state index in [1.165, 1.54) is 10.4 Å². The number of fused-ring (bicyclic) bond motifs is 1. The smallest absolute Gasteiger partial charge is 0.264 e. The Hall–Kier alpha value is -1.17. The third-order valence-electron chi connectivity index (χ3n) is 3.07. The standard InChI is InChI=1S/C14H12ClNO2S2/c15-11-4-3-5-12(10-11)20(17,18)16-8-9-19-14-7-2-1-6-13(14)16/h1-7,10H,8-9H2. The minimum Gasteiger partial charge on any atom is -0.264 e. The van der Waals surface area contributed by atoms with Crippen LogP contribution in [0.1, 0.15) is 0 Å². The van der Waals surface area contributed by atoms with Crippen LogP contribution in [0, 0.1) is 0 Å². The average molecular weight is 326 g/mol. The van der Waals surface area contributed by atoms with E-state index in [2.05, 4.69) is 0 Å². The molecule has 0 unspecified atom stereocenters. The van der Waals surface area contributed by atoms with Gasteiger partial charge >= 0.3 is 0 Å². The van der Waals surface area contributed by atoms with Gasteiger partial charge in [-0.05, 0) is 30.3 Å². The van der Waals surface area contributed by atoms with Crippen molar-refractivity contribution in [3.8, 4) is 0 Å². The van der Waals surface area contributed by atoms with E-state index in [9.17, 15) is 8.42 Å². The third-order valence-corrected chi connectivity index (χ3v) is 6.16. The maximum Gasteiger partial charge on any atom is 0.264 e. The molecular formula is C14H12ClNO2S2. The second kappa shape index (κ2) is 5.31. The molecule has 0 amide bonds. The SMILES string of the molecule is O=S(=O)(c1cccc(Cl)c1)N1CCSc2ccccc21. The Labute approximate surface area is 127 Å². The first kappa shape index (κ1) is 13.8. The zero-order valence-corrected chi connectivity index (χ0v) is 12.9. The lowest BCUT2D eigenvalue weighted by Gasteiger charge is -2.30. The van der Waals surface area contributed by atoms with Gasteiger partial charge in [0.2, 0.25) is 0 Å². The van der Waals surface area contributed by atoms with E-state index in [0.717, 1.165) is 16.3 Å². The summed E-state index contributed by atoms with van der Waals surface area (Å²) in [5.41, 5.74) is 0.740. The predicted octanol–water partition coefficient (Wildman–Crippen LogP) is 3.64. The first-order valence-electron chi connectivity index (χ1n) is 6.09. The highest BCUT2D eigenvalue weighted by Gasteiger charge is 2.29. The number of hydrogen-bond acceptors (Lipinski definition) is 3. The Balaban J connectivity index is 2.10. The average Bonchev–Trinajstić information content (AvgIpc) is 2.46. The predicted molar refractivity (Wildman–Crippen MR) is 83.1 cm³/mol. The van der Waals surface area contributed by atoms with E-state index in [1.807, 2.05) is 24.3 Å². The molecule has 0 atom stereocenters. The molecule has 0 bridgehead atoms. The van der Waals surface area contributed by atoms with E-state index in [0.29, 0.717) is 11.6 Å². The van der Waals surface area contributed by atoms with Crippen LogP contribution in [0.5, 0.6) is 0 Å². The minimum absolute atomic E-state index is 0.228. The molecule has 3 rings (SSSR count). The van der Waals surface area contributed by atoms with Crippen molar-refractivity contribution in [2.75, 3.05) is 16.6 Å². The summed E-state index contributed by atoms with van der Waals surface area (Å²) in [6.07, 6.45) is 0. The van der Waals surface area contributed by atoms with Crippen molar-refractivity contribution in [2.24, 2.45) is 0 Å². The number of nitrogens with zero attached hydrogens (tertiary/aromatic N) is 1. The van der Waals surface area contributed by atoms with E-state index >= 15 is 0 Å². The van der Waals surface area contributed by atoms with Crippen LogP contribution in [0.3, 0.4) is 0 Å². The minimum atomic E-state index is -3.56.